The maximum absolute atomic E-state index is 10.7. The number of nitrogens with zero attached hydrogens (tertiary/aromatic N) is 2. The molecule has 0 aromatic carbocycles. The van der Waals surface area contributed by atoms with Gasteiger partial charge in [0.2, 0.25) is 0 Å². The predicted molar refractivity (Wildman–Crippen MR) is 52.4 cm³/mol. The zero-order chi connectivity index (χ0) is 10.8. The van der Waals surface area contributed by atoms with Crippen molar-refractivity contribution in [2.45, 2.75) is 25.5 Å². The van der Waals surface area contributed by atoms with Crippen LogP contribution >= 0.6 is 0 Å². The molecule has 0 aliphatic heterocycles. The van der Waals surface area contributed by atoms with E-state index in [0.29, 0.717) is 5.75 Å². The molecule has 0 radical (unpaired) electrons. The van der Waals surface area contributed by atoms with Gasteiger partial charge in [0.15, 0.2) is 0 Å². The van der Waals surface area contributed by atoms with Crippen LogP contribution in [-0.2, 0) is 6.54 Å². The number of hydrogen-bond donors (Lipinski definition) is 1. The van der Waals surface area contributed by atoms with Gasteiger partial charge in [-0.15, -0.1) is 0 Å². The molecule has 80 valence electrons. The highest BCUT2D eigenvalue weighted by Crippen LogP contribution is 2.29. The minimum absolute atomic E-state index is 0.0556. The van der Waals surface area contributed by atoms with Crippen molar-refractivity contribution in [3.8, 4) is 5.75 Å². The molecule has 0 saturated heterocycles. The average Bonchev–Trinajstić information content (AvgIpc) is 3.01. The fraction of sp³-hybridized carbons (Fsp3) is 0.444. The van der Waals surface area contributed by atoms with Crippen molar-refractivity contribution in [2.75, 3.05) is 0 Å². The Bertz CT molecular complexity index is 390. The van der Waals surface area contributed by atoms with Gasteiger partial charge in [-0.05, 0) is 12.8 Å². The highest BCUT2D eigenvalue weighted by Gasteiger charge is 2.25. The molecule has 6 nitrogen and oxygen atoms in total. The van der Waals surface area contributed by atoms with Gasteiger partial charge in [-0.1, -0.05) is 0 Å². The van der Waals surface area contributed by atoms with Crippen LogP contribution in [0.25, 0.3) is 0 Å². The minimum Gasteiger partial charge on any atom is -0.489 e. The predicted octanol–water partition coefficient (Wildman–Crippen LogP) is 0.990. The summed E-state index contributed by atoms with van der Waals surface area (Å²) in [5, 5.41) is 10.7. The number of rotatable bonds is 4. The van der Waals surface area contributed by atoms with E-state index in [4.69, 9.17) is 10.5 Å². The van der Waals surface area contributed by atoms with E-state index < -0.39 is 4.92 Å². The number of hydrogen-bond acceptors (Lipinski definition) is 5. The molecule has 1 aliphatic rings. The van der Waals surface area contributed by atoms with Crippen LogP contribution in [0.5, 0.6) is 5.75 Å². The molecular formula is C9H11N3O3. The quantitative estimate of drug-likeness (QED) is 0.589. The van der Waals surface area contributed by atoms with Crippen molar-refractivity contribution in [1.29, 1.82) is 0 Å². The molecule has 0 amide bonds. The number of nitrogens with two attached hydrogens (primary N) is 1. The van der Waals surface area contributed by atoms with Crippen molar-refractivity contribution >= 4 is 5.69 Å². The zero-order valence-electron chi connectivity index (χ0n) is 8.05. The molecule has 1 heterocycles. The minimum atomic E-state index is -0.491. The number of aromatic nitrogens is 1. The van der Waals surface area contributed by atoms with Crippen LogP contribution in [-0.4, -0.2) is 16.0 Å². The Labute approximate surface area is 86.2 Å². The molecule has 0 atom stereocenters. The van der Waals surface area contributed by atoms with E-state index in [0.717, 1.165) is 12.8 Å². The summed E-state index contributed by atoms with van der Waals surface area (Å²) < 4.78 is 5.41. The Hall–Kier alpha value is -1.69. The Morgan fingerprint density at radius 2 is 2.40 bits per heavy atom. The zero-order valence-corrected chi connectivity index (χ0v) is 8.05. The topological polar surface area (TPSA) is 91.3 Å². The highest BCUT2D eigenvalue weighted by molar-refractivity contribution is 5.41. The molecule has 1 fully saturated rings. The molecule has 1 aromatic heterocycles. The van der Waals surface area contributed by atoms with Crippen molar-refractivity contribution in [2.24, 2.45) is 5.73 Å². The highest BCUT2D eigenvalue weighted by atomic mass is 16.6. The van der Waals surface area contributed by atoms with Crippen LogP contribution < -0.4 is 10.5 Å². The average molecular weight is 209 g/mol. The summed E-state index contributed by atoms with van der Waals surface area (Å²) in [7, 11) is 0. The van der Waals surface area contributed by atoms with Crippen LogP contribution in [0.1, 0.15) is 18.5 Å². The first-order valence-corrected chi connectivity index (χ1v) is 4.70. The first-order chi connectivity index (χ1) is 7.20. The summed E-state index contributed by atoms with van der Waals surface area (Å²) in [6.07, 6.45) is 3.70. The second-order valence-electron chi connectivity index (χ2n) is 3.42. The van der Waals surface area contributed by atoms with Gasteiger partial charge in [0.05, 0.1) is 23.3 Å². The van der Waals surface area contributed by atoms with E-state index >= 15 is 0 Å². The van der Waals surface area contributed by atoms with Gasteiger partial charge in [-0.25, -0.2) is 4.98 Å². The van der Waals surface area contributed by atoms with E-state index in [-0.39, 0.29) is 24.0 Å². The van der Waals surface area contributed by atoms with Gasteiger partial charge < -0.3 is 10.5 Å². The Morgan fingerprint density at radius 1 is 1.67 bits per heavy atom. The molecule has 1 aliphatic carbocycles. The number of ether oxygens (including phenoxy) is 1. The normalized spacial score (nSPS) is 15.0. The van der Waals surface area contributed by atoms with Gasteiger partial charge in [-0.3, -0.25) is 10.1 Å². The summed E-state index contributed by atoms with van der Waals surface area (Å²) in [6, 6.07) is 1.38. The van der Waals surface area contributed by atoms with Crippen LogP contribution in [0, 0.1) is 10.1 Å². The first-order valence-electron chi connectivity index (χ1n) is 4.70. The lowest BCUT2D eigenvalue weighted by Crippen LogP contribution is -2.06. The van der Waals surface area contributed by atoms with E-state index in [2.05, 4.69) is 4.98 Å². The molecule has 0 unspecified atom stereocenters. The largest absolute Gasteiger partial charge is 0.489 e. The van der Waals surface area contributed by atoms with Gasteiger partial charge >= 0.3 is 0 Å². The van der Waals surface area contributed by atoms with Gasteiger partial charge in [0.25, 0.3) is 5.69 Å². The van der Waals surface area contributed by atoms with Gasteiger partial charge in [0.1, 0.15) is 11.4 Å². The molecule has 1 aromatic rings. The second-order valence-corrected chi connectivity index (χ2v) is 3.42. The lowest BCUT2D eigenvalue weighted by atomic mass is 10.3. The maximum Gasteiger partial charge on any atom is 0.295 e. The fourth-order valence-electron chi connectivity index (χ4n) is 1.22. The third kappa shape index (κ3) is 2.21. The van der Waals surface area contributed by atoms with E-state index in [1.54, 1.807) is 0 Å². The van der Waals surface area contributed by atoms with Gasteiger partial charge in [0, 0.05) is 6.54 Å². The summed E-state index contributed by atoms with van der Waals surface area (Å²) in [6.45, 7) is 0.0556. The Kier molecular flexibility index (Phi) is 2.51. The van der Waals surface area contributed by atoms with Crippen molar-refractivity contribution in [1.82, 2.24) is 4.98 Å². The monoisotopic (exact) mass is 209 g/mol. The first kappa shape index (κ1) is 9.85. The standard InChI is InChI=1S/C9H11N3O3/c10-4-8-9(12(13)14)3-7(5-11-8)15-6-1-2-6/h3,5-6H,1-2,4,10H2. The van der Waals surface area contributed by atoms with Crippen LogP contribution in [0.4, 0.5) is 5.69 Å². The fourth-order valence-corrected chi connectivity index (χ4v) is 1.22. The maximum atomic E-state index is 10.7. The smallest absolute Gasteiger partial charge is 0.295 e. The van der Waals surface area contributed by atoms with E-state index in [1.165, 1.54) is 12.3 Å². The summed E-state index contributed by atoms with van der Waals surface area (Å²) in [5.41, 5.74) is 5.55. The van der Waals surface area contributed by atoms with Gasteiger partial charge in [-0.2, -0.15) is 0 Å². The lowest BCUT2D eigenvalue weighted by Gasteiger charge is -2.04. The van der Waals surface area contributed by atoms with E-state index in [1.807, 2.05) is 0 Å². The third-order valence-corrected chi connectivity index (χ3v) is 2.14. The Morgan fingerprint density at radius 3 is 2.93 bits per heavy atom. The molecule has 2 N–H and O–H groups in total. The third-order valence-electron chi connectivity index (χ3n) is 2.14. The van der Waals surface area contributed by atoms with Crippen LogP contribution in [0.2, 0.25) is 0 Å². The summed E-state index contributed by atoms with van der Waals surface area (Å²) >= 11 is 0. The van der Waals surface area contributed by atoms with Crippen molar-refractivity contribution in [3.63, 3.8) is 0 Å². The van der Waals surface area contributed by atoms with Crippen molar-refractivity contribution < 1.29 is 9.66 Å². The molecular weight excluding hydrogens is 198 g/mol. The van der Waals surface area contributed by atoms with Crippen LogP contribution in [0.15, 0.2) is 12.3 Å². The molecule has 0 bridgehead atoms. The molecule has 15 heavy (non-hydrogen) atoms. The molecule has 2 rings (SSSR count). The molecule has 1 saturated carbocycles. The lowest BCUT2D eigenvalue weighted by molar-refractivity contribution is -0.386. The van der Waals surface area contributed by atoms with E-state index in [9.17, 15) is 10.1 Å². The van der Waals surface area contributed by atoms with Crippen molar-refractivity contribution in [3.05, 3.63) is 28.1 Å². The molecule has 6 heteroatoms. The number of nitro groups is 1. The second kappa shape index (κ2) is 3.82. The summed E-state index contributed by atoms with van der Waals surface area (Å²) in [5.74, 6) is 0.446. The molecule has 0 spiro atoms. The Balaban J connectivity index is 2.26. The number of pyridine rings is 1. The SMILES string of the molecule is NCc1ncc(OC2CC2)cc1[N+](=O)[O-]. The van der Waals surface area contributed by atoms with Crippen LogP contribution in [0.3, 0.4) is 0 Å². The summed E-state index contributed by atoms with van der Waals surface area (Å²) in [4.78, 5) is 14.1.